The lowest BCUT2D eigenvalue weighted by Crippen LogP contribution is -2.27. The predicted octanol–water partition coefficient (Wildman–Crippen LogP) is 3.81. The van der Waals surface area contributed by atoms with E-state index in [0.29, 0.717) is 30.8 Å². The summed E-state index contributed by atoms with van der Waals surface area (Å²) in [7, 11) is 0. The Morgan fingerprint density at radius 1 is 1.42 bits per heavy atom. The van der Waals surface area contributed by atoms with Gasteiger partial charge in [0.2, 0.25) is 5.89 Å². The summed E-state index contributed by atoms with van der Waals surface area (Å²) in [5.74, 6) is 1.68. The van der Waals surface area contributed by atoms with Crippen LogP contribution in [0.3, 0.4) is 0 Å². The van der Waals surface area contributed by atoms with Crippen molar-refractivity contribution >= 4 is 11.6 Å². The molecule has 2 aromatic rings. The number of rotatable bonds is 5. The Hall–Kier alpha value is -1.43. The molecule has 0 radical (unpaired) electrons. The van der Waals surface area contributed by atoms with E-state index < -0.39 is 0 Å². The number of hydrogen-bond donors (Lipinski definition) is 0. The normalized spacial score (nSPS) is 18.6. The van der Waals surface area contributed by atoms with Gasteiger partial charge in [0.05, 0.1) is 12.6 Å². The van der Waals surface area contributed by atoms with Crippen molar-refractivity contribution in [3.63, 3.8) is 0 Å². The number of ether oxygens (including phenoxy) is 1. The van der Waals surface area contributed by atoms with Gasteiger partial charge in [-0.05, 0) is 49.4 Å². The molecule has 0 fully saturated rings. The van der Waals surface area contributed by atoms with Gasteiger partial charge in [-0.15, -0.1) is 0 Å². The molecule has 0 saturated heterocycles. The van der Waals surface area contributed by atoms with Gasteiger partial charge in [-0.3, -0.25) is 4.90 Å². The largest absolute Gasteiger partial charge is 0.371 e. The molecule has 1 aromatic carbocycles. The van der Waals surface area contributed by atoms with Crippen molar-refractivity contribution < 1.29 is 9.26 Å². The van der Waals surface area contributed by atoms with Crippen molar-refractivity contribution in [1.29, 1.82) is 0 Å². The molecule has 2 heterocycles. The van der Waals surface area contributed by atoms with Crippen molar-refractivity contribution in [3.05, 3.63) is 46.1 Å². The van der Waals surface area contributed by atoms with Crippen molar-refractivity contribution in [2.24, 2.45) is 0 Å². The summed E-state index contributed by atoms with van der Waals surface area (Å²) < 4.78 is 10.9. The topological polar surface area (TPSA) is 51.4 Å². The highest BCUT2D eigenvalue weighted by Gasteiger charge is 2.22. The van der Waals surface area contributed by atoms with Gasteiger partial charge in [0.15, 0.2) is 5.82 Å². The van der Waals surface area contributed by atoms with E-state index >= 15 is 0 Å². The minimum atomic E-state index is 0.156. The molecule has 0 saturated carbocycles. The van der Waals surface area contributed by atoms with E-state index in [1.54, 1.807) is 0 Å². The summed E-state index contributed by atoms with van der Waals surface area (Å²) in [5.41, 5.74) is 2.73. The van der Waals surface area contributed by atoms with E-state index in [0.717, 1.165) is 24.5 Å². The number of benzene rings is 1. The van der Waals surface area contributed by atoms with Crippen LogP contribution in [-0.4, -0.2) is 34.2 Å². The van der Waals surface area contributed by atoms with Gasteiger partial charge in [-0.2, -0.15) is 4.98 Å². The van der Waals surface area contributed by atoms with Crippen molar-refractivity contribution in [3.8, 4) is 0 Å². The second-order valence-corrected chi connectivity index (χ2v) is 7.13. The maximum absolute atomic E-state index is 6.16. The van der Waals surface area contributed by atoms with E-state index in [1.807, 2.05) is 19.9 Å². The van der Waals surface area contributed by atoms with Crippen LogP contribution in [0.15, 0.2) is 22.7 Å². The molecule has 0 N–H and O–H groups in total. The molecule has 0 spiro atoms. The molecule has 130 valence electrons. The first kappa shape index (κ1) is 17.4. The van der Waals surface area contributed by atoms with Gasteiger partial charge in [-0.1, -0.05) is 29.7 Å². The number of halogens is 1. The summed E-state index contributed by atoms with van der Waals surface area (Å²) >= 11 is 6.16. The molecular weight excluding hydrogens is 326 g/mol. The molecule has 24 heavy (non-hydrogen) atoms. The van der Waals surface area contributed by atoms with Gasteiger partial charge >= 0.3 is 0 Å². The van der Waals surface area contributed by atoms with Crippen LogP contribution in [0.2, 0.25) is 5.02 Å². The van der Waals surface area contributed by atoms with Crippen LogP contribution < -0.4 is 0 Å². The lowest BCUT2D eigenvalue weighted by atomic mass is 9.95. The number of fused-ring (bicyclic) bond motifs is 1. The number of aromatic nitrogens is 2. The highest BCUT2D eigenvalue weighted by molar-refractivity contribution is 6.30. The zero-order valence-electron chi connectivity index (χ0n) is 14.5. The lowest BCUT2D eigenvalue weighted by molar-refractivity contribution is 0.0601. The van der Waals surface area contributed by atoms with Gasteiger partial charge in [-0.25, -0.2) is 0 Å². The standard InChI is InChI=1S/C18H24ClN3O2/c1-12(2)23-11-17-20-18(24-21-17)10-22-7-6-14-4-5-15(19)8-16(14)13(3)9-22/h4-5,8,12-13H,6-7,9-11H2,1-3H3. The fourth-order valence-electron chi connectivity index (χ4n) is 3.10. The Labute approximate surface area is 147 Å². The van der Waals surface area contributed by atoms with E-state index in [9.17, 15) is 0 Å². The maximum Gasteiger partial charge on any atom is 0.240 e. The first-order valence-corrected chi connectivity index (χ1v) is 8.83. The molecule has 6 heteroatoms. The first-order chi connectivity index (χ1) is 11.5. The van der Waals surface area contributed by atoms with Crippen molar-refractivity contribution in [1.82, 2.24) is 15.0 Å². The third-order valence-corrected chi connectivity index (χ3v) is 4.52. The highest BCUT2D eigenvalue weighted by atomic mass is 35.5. The van der Waals surface area contributed by atoms with Crippen molar-refractivity contribution in [2.45, 2.75) is 52.4 Å². The Bertz CT molecular complexity index is 687. The average molecular weight is 350 g/mol. The zero-order valence-corrected chi connectivity index (χ0v) is 15.2. The van der Waals surface area contributed by atoms with Gasteiger partial charge < -0.3 is 9.26 Å². The fraction of sp³-hybridized carbons (Fsp3) is 0.556. The quantitative estimate of drug-likeness (QED) is 0.821. The Morgan fingerprint density at radius 3 is 3.04 bits per heavy atom. The monoisotopic (exact) mass is 349 g/mol. The third kappa shape index (κ3) is 4.35. The Balaban J connectivity index is 1.63. The molecule has 5 nitrogen and oxygen atoms in total. The molecular formula is C18H24ClN3O2. The molecule has 0 bridgehead atoms. The predicted molar refractivity (Wildman–Crippen MR) is 93.1 cm³/mol. The summed E-state index contributed by atoms with van der Waals surface area (Å²) in [6.07, 6.45) is 1.16. The summed E-state index contributed by atoms with van der Waals surface area (Å²) in [5, 5.41) is 4.80. The summed E-state index contributed by atoms with van der Waals surface area (Å²) in [6, 6.07) is 6.21. The number of hydrogen-bond acceptors (Lipinski definition) is 5. The van der Waals surface area contributed by atoms with Gasteiger partial charge in [0, 0.05) is 18.1 Å². The van der Waals surface area contributed by atoms with Crippen molar-refractivity contribution in [2.75, 3.05) is 13.1 Å². The summed E-state index contributed by atoms with van der Waals surface area (Å²) in [4.78, 5) is 6.79. The van der Waals surface area contributed by atoms with E-state index in [1.165, 1.54) is 11.1 Å². The molecule has 1 aromatic heterocycles. The van der Waals surface area contributed by atoms with Gasteiger partial charge in [0.1, 0.15) is 6.61 Å². The molecule has 1 aliphatic heterocycles. The second-order valence-electron chi connectivity index (χ2n) is 6.69. The van der Waals surface area contributed by atoms with Crippen LogP contribution in [0, 0.1) is 0 Å². The van der Waals surface area contributed by atoms with Crippen LogP contribution in [0.1, 0.15) is 49.5 Å². The smallest absolute Gasteiger partial charge is 0.240 e. The van der Waals surface area contributed by atoms with Crippen LogP contribution in [-0.2, 0) is 24.3 Å². The Morgan fingerprint density at radius 2 is 2.25 bits per heavy atom. The summed E-state index contributed by atoms with van der Waals surface area (Å²) in [6.45, 7) is 9.20. The van der Waals surface area contributed by atoms with E-state index in [2.05, 4.69) is 34.1 Å². The maximum atomic E-state index is 6.16. The lowest BCUT2D eigenvalue weighted by Gasteiger charge is -2.20. The highest BCUT2D eigenvalue weighted by Crippen LogP contribution is 2.28. The fourth-order valence-corrected chi connectivity index (χ4v) is 3.28. The molecule has 0 aliphatic carbocycles. The second kappa shape index (κ2) is 7.64. The first-order valence-electron chi connectivity index (χ1n) is 8.45. The van der Waals surface area contributed by atoms with Gasteiger partial charge in [0.25, 0.3) is 0 Å². The SMILES string of the molecule is CC(C)OCc1noc(CN2CCc3ccc(Cl)cc3C(C)C2)n1. The minimum Gasteiger partial charge on any atom is -0.371 e. The van der Waals surface area contributed by atoms with Crippen LogP contribution in [0.25, 0.3) is 0 Å². The van der Waals surface area contributed by atoms with Crippen LogP contribution in [0.5, 0.6) is 0 Å². The molecule has 1 aliphatic rings. The number of nitrogens with zero attached hydrogens (tertiary/aromatic N) is 3. The molecule has 1 unspecified atom stereocenters. The molecule has 1 atom stereocenters. The minimum absolute atomic E-state index is 0.156. The van der Waals surface area contributed by atoms with Crippen LogP contribution >= 0.6 is 11.6 Å². The molecule has 0 amide bonds. The van der Waals surface area contributed by atoms with E-state index in [-0.39, 0.29) is 6.10 Å². The average Bonchev–Trinajstić information content (AvgIpc) is 2.92. The van der Waals surface area contributed by atoms with Crippen LogP contribution in [0.4, 0.5) is 0 Å². The Kier molecular flexibility index (Phi) is 5.54. The zero-order chi connectivity index (χ0) is 17.1. The van der Waals surface area contributed by atoms with E-state index in [4.69, 9.17) is 20.9 Å². The molecule has 3 rings (SSSR count). The third-order valence-electron chi connectivity index (χ3n) is 4.28.